The van der Waals surface area contributed by atoms with Gasteiger partial charge in [-0.15, -0.1) is 0 Å². The summed E-state index contributed by atoms with van der Waals surface area (Å²) < 4.78 is 1.48. The highest BCUT2D eigenvalue weighted by Gasteiger charge is 2.20. The SMILES string of the molecule is Cc1c(C(=O)CCN2CCN(c3cccc(Cl)c3)CC2)cnn1-c1nccc(=O)[nH]1. The molecule has 0 spiro atoms. The van der Waals surface area contributed by atoms with E-state index in [0.29, 0.717) is 30.2 Å². The molecule has 9 heteroatoms. The van der Waals surface area contributed by atoms with Crippen LogP contribution in [0.25, 0.3) is 5.95 Å². The number of halogens is 1. The van der Waals surface area contributed by atoms with E-state index in [1.54, 1.807) is 13.1 Å². The van der Waals surface area contributed by atoms with Crippen molar-refractivity contribution in [3.8, 4) is 5.95 Å². The van der Waals surface area contributed by atoms with Gasteiger partial charge in [-0.2, -0.15) is 5.10 Å². The molecule has 1 aromatic carbocycles. The summed E-state index contributed by atoms with van der Waals surface area (Å²) in [7, 11) is 0. The van der Waals surface area contributed by atoms with Gasteiger partial charge in [0, 0.05) is 62.1 Å². The summed E-state index contributed by atoms with van der Waals surface area (Å²) >= 11 is 6.09. The summed E-state index contributed by atoms with van der Waals surface area (Å²) in [6, 6.07) is 9.23. The molecular weight excluding hydrogens is 404 g/mol. The Morgan fingerprint density at radius 3 is 2.73 bits per heavy atom. The Hall–Kier alpha value is -2.97. The molecule has 2 aromatic heterocycles. The molecule has 0 unspecified atom stereocenters. The summed E-state index contributed by atoms with van der Waals surface area (Å²) in [6.45, 7) is 6.10. The van der Waals surface area contributed by atoms with Crippen molar-refractivity contribution in [2.45, 2.75) is 13.3 Å². The van der Waals surface area contributed by atoms with Crippen molar-refractivity contribution < 1.29 is 4.79 Å². The third-order valence-corrected chi connectivity index (χ3v) is 5.60. The minimum Gasteiger partial charge on any atom is -0.369 e. The molecule has 3 heterocycles. The molecule has 0 atom stereocenters. The molecule has 0 radical (unpaired) electrons. The van der Waals surface area contributed by atoms with Crippen LogP contribution < -0.4 is 10.5 Å². The van der Waals surface area contributed by atoms with E-state index in [4.69, 9.17) is 11.6 Å². The zero-order valence-corrected chi connectivity index (χ0v) is 17.5. The second-order valence-electron chi connectivity index (χ2n) is 7.29. The van der Waals surface area contributed by atoms with Crippen molar-refractivity contribution >= 4 is 23.1 Å². The number of aromatic nitrogens is 4. The standard InChI is InChI=1S/C21H23ClN6O2/c1-15-18(14-24-28(15)21-23-7-5-20(30)25-21)19(29)6-8-26-9-11-27(12-10-26)17-4-2-3-16(22)13-17/h2-5,7,13-14H,6,8-12H2,1H3,(H,23,25,30). The van der Waals surface area contributed by atoms with Crippen molar-refractivity contribution in [2.24, 2.45) is 0 Å². The number of Topliss-reactive ketones (excluding diaryl/α,β-unsaturated/α-hetero) is 1. The Labute approximate surface area is 179 Å². The lowest BCUT2D eigenvalue weighted by Gasteiger charge is -2.36. The van der Waals surface area contributed by atoms with Crippen molar-refractivity contribution in [2.75, 3.05) is 37.6 Å². The average Bonchev–Trinajstić information content (AvgIpc) is 3.14. The van der Waals surface area contributed by atoms with E-state index in [2.05, 4.69) is 30.9 Å². The van der Waals surface area contributed by atoms with Gasteiger partial charge in [0.05, 0.1) is 17.5 Å². The van der Waals surface area contributed by atoms with Crippen molar-refractivity contribution in [3.63, 3.8) is 0 Å². The van der Waals surface area contributed by atoms with E-state index in [9.17, 15) is 9.59 Å². The Bertz CT molecular complexity index is 1100. The number of benzene rings is 1. The van der Waals surface area contributed by atoms with Gasteiger partial charge in [0.25, 0.3) is 5.56 Å². The van der Waals surface area contributed by atoms with Gasteiger partial charge in [-0.05, 0) is 25.1 Å². The van der Waals surface area contributed by atoms with E-state index in [0.717, 1.165) is 36.9 Å². The Morgan fingerprint density at radius 2 is 2.00 bits per heavy atom. The van der Waals surface area contributed by atoms with Gasteiger partial charge in [-0.1, -0.05) is 17.7 Å². The Balaban J connectivity index is 1.33. The minimum absolute atomic E-state index is 0.0364. The number of rotatable bonds is 6. The number of ketones is 1. The van der Waals surface area contributed by atoms with Crippen LogP contribution in [0, 0.1) is 6.92 Å². The molecule has 156 valence electrons. The minimum atomic E-state index is -0.264. The number of anilines is 1. The molecule has 3 aromatic rings. The van der Waals surface area contributed by atoms with Crippen LogP contribution in [0.3, 0.4) is 0 Å². The fourth-order valence-electron chi connectivity index (χ4n) is 3.66. The van der Waals surface area contributed by atoms with Crippen molar-refractivity contribution in [1.29, 1.82) is 0 Å². The summed E-state index contributed by atoms with van der Waals surface area (Å²) in [4.78, 5) is 35.6. The molecule has 1 aliphatic heterocycles. The van der Waals surface area contributed by atoms with Crippen LogP contribution in [-0.2, 0) is 0 Å². The zero-order valence-electron chi connectivity index (χ0n) is 16.7. The van der Waals surface area contributed by atoms with Crippen LogP contribution in [0.5, 0.6) is 0 Å². The smallest absolute Gasteiger partial charge is 0.252 e. The van der Waals surface area contributed by atoms with Gasteiger partial charge in [0.1, 0.15) is 0 Å². The average molecular weight is 427 g/mol. The fourth-order valence-corrected chi connectivity index (χ4v) is 3.85. The molecule has 0 saturated carbocycles. The summed E-state index contributed by atoms with van der Waals surface area (Å²) in [6.07, 6.45) is 3.38. The number of H-pyrrole nitrogens is 1. The van der Waals surface area contributed by atoms with Crippen LogP contribution in [0.15, 0.2) is 47.5 Å². The van der Waals surface area contributed by atoms with E-state index < -0.39 is 0 Å². The molecule has 0 bridgehead atoms. The third-order valence-electron chi connectivity index (χ3n) is 5.37. The molecular formula is C21H23ClN6O2. The van der Waals surface area contributed by atoms with Gasteiger partial charge in [0.2, 0.25) is 5.95 Å². The number of carbonyl (C=O) groups is 1. The topological polar surface area (TPSA) is 87.1 Å². The number of carbonyl (C=O) groups excluding carboxylic acids is 1. The first-order chi connectivity index (χ1) is 14.5. The van der Waals surface area contributed by atoms with Crippen molar-refractivity contribution in [3.05, 3.63) is 69.4 Å². The van der Waals surface area contributed by atoms with Gasteiger partial charge in [-0.25, -0.2) is 9.67 Å². The molecule has 0 aliphatic carbocycles. The Kier molecular flexibility index (Phi) is 5.96. The van der Waals surface area contributed by atoms with Gasteiger partial charge in [-0.3, -0.25) is 19.5 Å². The summed E-state index contributed by atoms with van der Waals surface area (Å²) in [5.74, 6) is 0.338. The van der Waals surface area contributed by atoms with Crippen LogP contribution in [-0.4, -0.2) is 63.2 Å². The first-order valence-corrected chi connectivity index (χ1v) is 10.3. The van der Waals surface area contributed by atoms with E-state index >= 15 is 0 Å². The second kappa shape index (κ2) is 8.81. The van der Waals surface area contributed by atoms with Crippen LogP contribution >= 0.6 is 11.6 Å². The number of nitrogens with one attached hydrogen (secondary N) is 1. The lowest BCUT2D eigenvalue weighted by atomic mass is 10.1. The quantitative estimate of drug-likeness (QED) is 0.608. The molecule has 0 amide bonds. The fraction of sp³-hybridized carbons (Fsp3) is 0.333. The first kappa shape index (κ1) is 20.3. The lowest BCUT2D eigenvalue weighted by Crippen LogP contribution is -2.46. The number of hydrogen-bond donors (Lipinski definition) is 1. The number of aromatic amines is 1. The molecule has 8 nitrogen and oxygen atoms in total. The normalized spacial score (nSPS) is 14.8. The first-order valence-electron chi connectivity index (χ1n) is 9.87. The molecule has 1 aliphatic rings. The van der Waals surface area contributed by atoms with Gasteiger partial charge >= 0.3 is 0 Å². The van der Waals surface area contributed by atoms with Crippen LogP contribution in [0.2, 0.25) is 5.02 Å². The highest BCUT2D eigenvalue weighted by molar-refractivity contribution is 6.30. The maximum absolute atomic E-state index is 12.7. The maximum atomic E-state index is 12.7. The van der Waals surface area contributed by atoms with Gasteiger partial charge in [0.15, 0.2) is 5.78 Å². The monoisotopic (exact) mass is 426 g/mol. The number of piperazine rings is 1. The molecule has 30 heavy (non-hydrogen) atoms. The Morgan fingerprint density at radius 1 is 1.20 bits per heavy atom. The predicted molar refractivity (Wildman–Crippen MR) is 116 cm³/mol. The summed E-state index contributed by atoms with van der Waals surface area (Å²) in [5.41, 5.74) is 2.09. The maximum Gasteiger partial charge on any atom is 0.252 e. The molecule has 1 N–H and O–H groups in total. The molecule has 1 saturated heterocycles. The van der Waals surface area contributed by atoms with Gasteiger partial charge < -0.3 is 4.90 Å². The van der Waals surface area contributed by atoms with E-state index in [-0.39, 0.29) is 11.3 Å². The lowest BCUT2D eigenvalue weighted by molar-refractivity contribution is 0.0962. The molecule has 1 fully saturated rings. The van der Waals surface area contributed by atoms with Crippen LogP contribution in [0.1, 0.15) is 22.5 Å². The largest absolute Gasteiger partial charge is 0.369 e. The number of nitrogens with zero attached hydrogens (tertiary/aromatic N) is 5. The summed E-state index contributed by atoms with van der Waals surface area (Å²) in [5, 5.41) is 4.97. The molecule has 4 rings (SSSR count). The van der Waals surface area contributed by atoms with E-state index in [1.807, 2.05) is 18.2 Å². The second-order valence-corrected chi connectivity index (χ2v) is 7.73. The number of hydrogen-bond acceptors (Lipinski definition) is 6. The highest BCUT2D eigenvalue weighted by atomic mass is 35.5. The highest BCUT2D eigenvalue weighted by Crippen LogP contribution is 2.21. The third kappa shape index (κ3) is 4.44. The zero-order chi connectivity index (χ0) is 21.1. The van der Waals surface area contributed by atoms with Crippen molar-refractivity contribution in [1.82, 2.24) is 24.6 Å². The predicted octanol–water partition coefficient (Wildman–Crippen LogP) is 2.31. The van der Waals surface area contributed by atoms with Crippen LogP contribution in [0.4, 0.5) is 5.69 Å². The van der Waals surface area contributed by atoms with E-state index in [1.165, 1.54) is 16.9 Å².